The van der Waals surface area contributed by atoms with E-state index in [1.807, 2.05) is 0 Å². The predicted molar refractivity (Wildman–Crippen MR) is 263 cm³/mol. The van der Waals surface area contributed by atoms with Crippen LogP contribution in [-0.2, 0) is 0 Å². The second kappa shape index (κ2) is 11.0. The molecule has 0 amide bonds. The molecule has 15 rings (SSSR count). The first-order valence-corrected chi connectivity index (χ1v) is 21.1. The van der Waals surface area contributed by atoms with Gasteiger partial charge in [-0.3, -0.25) is 0 Å². The molecule has 0 saturated carbocycles. The minimum absolute atomic E-state index is 1.27. The Hall–Kier alpha value is -7.80. The van der Waals surface area contributed by atoms with E-state index in [4.69, 9.17) is 0 Å². The summed E-state index contributed by atoms with van der Waals surface area (Å²) in [5.74, 6) is 0. The minimum atomic E-state index is 1.27. The molecule has 0 saturated heterocycles. The van der Waals surface area contributed by atoms with E-state index in [2.05, 4.69) is 194 Å². The number of hydrogen-bond donors (Lipinski definition) is 0. The minimum Gasteiger partial charge on any atom is -0.0616 e. The number of fused-ring (bicyclic) bond motifs is 20. The van der Waals surface area contributed by atoms with Crippen molar-refractivity contribution in [2.45, 2.75) is 0 Å². The summed E-state index contributed by atoms with van der Waals surface area (Å²) >= 11 is 0. The highest BCUT2D eigenvalue weighted by molar-refractivity contribution is 6.43. The lowest BCUT2D eigenvalue weighted by molar-refractivity contribution is 1.79. The van der Waals surface area contributed by atoms with Gasteiger partial charge in [-0.25, -0.2) is 0 Å². The summed E-state index contributed by atoms with van der Waals surface area (Å²) in [4.78, 5) is 0. The van der Waals surface area contributed by atoms with Crippen molar-refractivity contribution < 1.29 is 0 Å². The second-order valence-corrected chi connectivity index (χ2v) is 17.0. The highest BCUT2D eigenvalue weighted by Gasteiger charge is 2.21. The fourth-order valence-corrected chi connectivity index (χ4v) is 11.9. The van der Waals surface area contributed by atoms with Crippen LogP contribution >= 0.6 is 0 Å². The van der Waals surface area contributed by atoms with Crippen molar-refractivity contribution in [2.75, 3.05) is 0 Å². The Balaban J connectivity index is 1.20. The van der Waals surface area contributed by atoms with Crippen LogP contribution in [0.5, 0.6) is 0 Å². The third-order valence-corrected chi connectivity index (χ3v) is 14.3. The molecule has 0 fully saturated rings. The Morgan fingerprint density at radius 1 is 0.117 bits per heavy atom. The van der Waals surface area contributed by atoms with Crippen LogP contribution in [0.15, 0.2) is 194 Å². The first kappa shape index (κ1) is 31.2. The molecule has 0 aliphatic carbocycles. The van der Waals surface area contributed by atoms with Gasteiger partial charge in [-0.05, 0) is 175 Å². The maximum Gasteiger partial charge on any atom is -0.00139 e. The molecule has 0 heterocycles. The van der Waals surface area contributed by atoms with Crippen molar-refractivity contribution in [3.05, 3.63) is 194 Å². The van der Waals surface area contributed by atoms with Crippen molar-refractivity contribution >= 4 is 151 Å². The molecule has 0 aliphatic heterocycles. The molecule has 0 aliphatic rings. The van der Waals surface area contributed by atoms with E-state index >= 15 is 0 Å². The van der Waals surface area contributed by atoms with Gasteiger partial charge in [0.15, 0.2) is 0 Å². The lowest BCUT2D eigenvalue weighted by Crippen LogP contribution is -1.91. The summed E-state index contributed by atoms with van der Waals surface area (Å²) in [7, 11) is 0. The fraction of sp³-hybridized carbons (Fsp3) is 0. The van der Waals surface area contributed by atoms with Crippen LogP contribution in [0.25, 0.3) is 151 Å². The Morgan fingerprint density at radius 3 is 0.450 bits per heavy atom. The second-order valence-electron chi connectivity index (χ2n) is 17.0. The topological polar surface area (TPSA) is 0 Å². The van der Waals surface area contributed by atoms with Crippen LogP contribution in [0.3, 0.4) is 0 Å². The zero-order valence-corrected chi connectivity index (χ0v) is 32.5. The fourth-order valence-electron chi connectivity index (χ4n) is 11.9. The summed E-state index contributed by atoms with van der Waals surface area (Å²) < 4.78 is 0. The summed E-state index contributed by atoms with van der Waals surface area (Å²) in [5, 5.41) is 36.7. The standard InChI is InChI=1S/C60H32/c1-2-14-34-33(13-1)41-21-9-25-45-53-29-49-37-17-5-6-18-38(37)51-31-55-47-27-11-23-43-35-15-3-4-16-36(35)44-24-12-28-48(60(44)59(43)47)56(55)32-52(51)40-20-8-7-19-39(40)50(49)30-54(53)46-26-10-22-42(34)58(46)57(41)45/h1-32H. The average molecular weight is 753 g/mol. The maximum absolute atomic E-state index is 2.53. The molecule has 60 heavy (non-hydrogen) atoms. The van der Waals surface area contributed by atoms with E-state index in [0.29, 0.717) is 0 Å². The molecule has 0 radical (unpaired) electrons. The molecule has 0 N–H and O–H groups in total. The third kappa shape index (κ3) is 3.74. The molecule has 0 unspecified atom stereocenters. The lowest BCUT2D eigenvalue weighted by Gasteiger charge is -2.19. The molecular formula is C60H32. The quantitative estimate of drug-likeness (QED) is 0.107. The van der Waals surface area contributed by atoms with E-state index in [0.717, 1.165) is 0 Å². The molecule has 0 heteroatoms. The van der Waals surface area contributed by atoms with E-state index in [-0.39, 0.29) is 0 Å². The SMILES string of the molecule is c1ccc2c(c1)c1cc3c(cc1c1ccccc1c1cc4c(cc21)c1cccc2c5ccccc5c5cccc4c5c21)c1cccc2c4ccccc4c4cccc3c4c21. The molecule has 0 spiro atoms. The Bertz CT molecular complexity index is 3880. The van der Waals surface area contributed by atoms with Gasteiger partial charge in [-0.1, -0.05) is 170 Å². The van der Waals surface area contributed by atoms with Crippen LogP contribution in [0.1, 0.15) is 0 Å². The Morgan fingerprint density at radius 2 is 0.250 bits per heavy atom. The van der Waals surface area contributed by atoms with Crippen LogP contribution in [-0.4, -0.2) is 0 Å². The largest absolute Gasteiger partial charge is 0.0616 e. The van der Waals surface area contributed by atoms with Gasteiger partial charge in [0.05, 0.1) is 0 Å². The van der Waals surface area contributed by atoms with Crippen LogP contribution in [0.2, 0.25) is 0 Å². The molecule has 0 bridgehead atoms. The van der Waals surface area contributed by atoms with Crippen LogP contribution < -0.4 is 0 Å². The van der Waals surface area contributed by atoms with E-state index in [1.165, 1.54) is 151 Å². The number of hydrogen-bond acceptors (Lipinski definition) is 0. The van der Waals surface area contributed by atoms with E-state index in [1.54, 1.807) is 0 Å². The lowest BCUT2D eigenvalue weighted by atomic mass is 9.84. The summed E-state index contributed by atoms with van der Waals surface area (Å²) in [6.45, 7) is 0. The molecule has 0 nitrogen and oxygen atoms in total. The summed E-state index contributed by atoms with van der Waals surface area (Å²) in [6, 6.07) is 74.0. The van der Waals surface area contributed by atoms with Gasteiger partial charge in [0.25, 0.3) is 0 Å². The van der Waals surface area contributed by atoms with Gasteiger partial charge in [0.1, 0.15) is 0 Å². The molecule has 272 valence electrons. The monoisotopic (exact) mass is 752 g/mol. The van der Waals surface area contributed by atoms with E-state index < -0.39 is 0 Å². The number of rotatable bonds is 0. The number of benzene rings is 14. The van der Waals surface area contributed by atoms with Gasteiger partial charge in [0.2, 0.25) is 0 Å². The van der Waals surface area contributed by atoms with Crippen LogP contribution in [0.4, 0.5) is 0 Å². The van der Waals surface area contributed by atoms with Gasteiger partial charge in [-0.2, -0.15) is 0 Å². The molecule has 15 aromatic carbocycles. The van der Waals surface area contributed by atoms with Crippen molar-refractivity contribution in [1.82, 2.24) is 0 Å². The molecule has 15 aromatic rings. The zero-order valence-electron chi connectivity index (χ0n) is 32.5. The first-order chi connectivity index (χ1) is 29.8. The van der Waals surface area contributed by atoms with Crippen molar-refractivity contribution in [3.63, 3.8) is 0 Å². The van der Waals surface area contributed by atoms with Gasteiger partial charge >= 0.3 is 0 Å². The van der Waals surface area contributed by atoms with Crippen molar-refractivity contribution in [3.8, 4) is 0 Å². The highest BCUT2D eigenvalue weighted by Crippen LogP contribution is 2.49. The smallest absolute Gasteiger partial charge is 0.00139 e. The highest BCUT2D eigenvalue weighted by atomic mass is 14.2. The molecule has 0 aromatic heterocycles. The van der Waals surface area contributed by atoms with Crippen molar-refractivity contribution in [2.24, 2.45) is 0 Å². The molecule has 0 atom stereocenters. The Kier molecular flexibility index (Phi) is 5.74. The summed E-state index contributed by atoms with van der Waals surface area (Å²) in [5.41, 5.74) is 0. The average Bonchev–Trinajstić information content (AvgIpc) is 3.32. The molecular weight excluding hydrogens is 721 g/mol. The van der Waals surface area contributed by atoms with Gasteiger partial charge in [0, 0.05) is 0 Å². The van der Waals surface area contributed by atoms with Gasteiger partial charge in [-0.15, -0.1) is 0 Å². The summed E-state index contributed by atoms with van der Waals surface area (Å²) in [6.07, 6.45) is 0. The third-order valence-electron chi connectivity index (χ3n) is 14.3. The Labute approximate surface area is 343 Å². The van der Waals surface area contributed by atoms with Gasteiger partial charge < -0.3 is 0 Å². The maximum atomic E-state index is 2.53. The zero-order chi connectivity index (χ0) is 38.8. The van der Waals surface area contributed by atoms with Crippen molar-refractivity contribution in [1.29, 1.82) is 0 Å². The normalized spacial score (nSPS) is 12.7. The van der Waals surface area contributed by atoms with Crippen LogP contribution in [0, 0.1) is 0 Å². The first-order valence-electron chi connectivity index (χ1n) is 21.1. The van der Waals surface area contributed by atoms with E-state index in [9.17, 15) is 0 Å². The predicted octanol–water partition coefficient (Wildman–Crippen LogP) is 17.3.